The minimum absolute atomic E-state index is 0.100. The summed E-state index contributed by atoms with van der Waals surface area (Å²) in [5.41, 5.74) is 1.02. The molecule has 0 amide bonds. The van der Waals surface area contributed by atoms with Crippen LogP contribution in [0.3, 0.4) is 0 Å². The first kappa shape index (κ1) is 13.1. The van der Waals surface area contributed by atoms with E-state index in [9.17, 15) is 4.79 Å². The number of carbonyl (C=O) groups excluding carboxylic acids is 1. The minimum atomic E-state index is -1.53. The molecule has 5 heteroatoms. The molecule has 4 nitrogen and oxygen atoms in total. The molecular formula is C11H21N3OSi. The van der Waals surface area contributed by atoms with Crippen LogP contribution in [-0.2, 0) is 11.3 Å². The zero-order valence-electron chi connectivity index (χ0n) is 11.0. The van der Waals surface area contributed by atoms with E-state index < -0.39 is 8.07 Å². The molecule has 0 aliphatic heterocycles. The zero-order valence-corrected chi connectivity index (χ0v) is 12.0. The highest BCUT2D eigenvalue weighted by atomic mass is 28.3. The van der Waals surface area contributed by atoms with E-state index in [-0.39, 0.29) is 11.7 Å². The molecule has 90 valence electrons. The molecule has 0 bridgehead atoms. The molecule has 1 heterocycles. The number of ketones is 1. The summed E-state index contributed by atoms with van der Waals surface area (Å²) >= 11 is 0. The number of Topliss-reactive ketones (excluding diaryl/α,β-unsaturated/α-hetero) is 1. The quantitative estimate of drug-likeness (QED) is 0.749. The molecule has 0 spiro atoms. The van der Waals surface area contributed by atoms with Crippen LogP contribution < -0.4 is 5.32 Å². The Morgan fingerprint density at radius 3 is 2.38 bits per heavy atom. The third-order valence-corrected chi connectivity index (χ3v) is 4.58. The monoisotopic (exact) mass is 239 g/mol. The van der Waals surface area contributed by atoms with Crippen molar-refractivity contribution in [1.29, 1.82) is 0 Å². The van der Waals surface area contributed by atoms with Crippen LogP contribution in [0.5, 0.6) is 0 Å². The average Bonchev–Trinajstić information content (AvgIpc) is 2.58. The number of hydrogen-bond acceptors (Lipinski definition) is 3. The topological polar surface area (TPSA) is 47.8 Å². The van der Waals surface area contributed by atoms with Gasteiger partial charge in [0.15, 0.2) is 0 Å². The summed E-state index contributed by atoms with van der Waals surface area (Å²) in [5, 5.41) is 9.50. The van der Waals surface area contributed by atoms with Crippen molar-refractivity contribution in [2.75, 3.05) is 0 Å². The molecule has 0 aromatic carbocycles. The molecule has 0 N–H and O–H groups in total. The van der Waals surface area contributed by atoms with Gasteiger partial charge in [-0.1, -0.05) is 24.9 Å². The van der Waals surface area contributed by atoms with Gasteiger partial charge in [-0.15, -0.1) is 5.10 Å². The van der Waals surface area contributed by atoms with Crippen LogP contribution in [0.15, 0.2) is 0 Å². The predicted octanol–water partition coefficient (Wildman–Crippen LogP) is 1.54. The minimum Gasteiger partial charge on any atom is -0.299 e. The van der Waals surface area contributed by atoms with E-state index in [0.717, 1.165) is 17.6 Å². The highest BCUT2D eigenvalue weighted by Gasteiger charge is 2.30. The number of nitrogens with zero attached hydrogens (tertiary/aromatic N) is 3. The van der Waals surface area contributed by atoms with E-state index in [2.05, 4.69) is 30.0 Å². The molecule has 16 heavy (non-hydrogen) atoms. The highest BCUT2D eigenvalue weighted by Crippen LogP contribution is 2.16. The third kappa shape index (κ3) is 2.40. The Balaban J connectivity index is 3.32. The Labute approximate surface area is 98.1 Å². The SMILES string of the molecule is CCn1nnc([Si](C)(C)C)c1C(C)C(C)=O. The molecule has 1 aromatic heterocycles. The van der Waals surface area contributed by atoms with Gasteiger partial charge < -0.3 is 0 Å². The fourth-order valence-electron chi connectivity index (χ4n) is 1.71. The smallest absolute Gasteiger partial charge is 0.138 e. The Morgan fingerprint density at radius 1 is 1.44 bits per heavy atom. The molecule has 0 radical (unpaired) electrons. The van der Waals surface area contributed by atoms with E-state index >= 15 is 0 Å². The van der Waals surface area contributed by atoms with Gasteiger partial charge in [0.25, 0.3) is 0 Å². The predicted molar refractivity (Wildman–Crippen MR) is 67.8 cm³/mol. The van der Waals surface area contributed by atoms with E-state index in [1.807, 2.05) is 18.5 Å². The highest BCUT2D eigenvalue weighted by molar-refractivity contribution is 6.88. The Bertz CT molecular complexity index is 392. The fraction of sp³-hybridized carbons (Fsp3) is 0.727. The van der Waals surface area contributed by atoms with E-state index in [1.165, 1.54) is 0 Å². The lowest BCUT2D eigenvalue weighted by atomic mass is 10.0. The van der Waals surface area contributed by atoms with Gasteiger partial charge in [0, 0.05) is 6.54 Å². The molecule has 0 saturated heterocycles. The standard InChI is InChI=1S/C11H21N3OSi/c1-7-14-10(8(2)9(3)15)11(12-13-14)16(4,5)6/h8H,7H2,1-6H3. The van der Waals surface area contributed by atoms with Gasteiger partial charge in [-0.3, -0.25) is 4.79 Å². The lowest BCUT2D eigenvalue weighted by Gasteiger charge is -2.18. The number of carbonyl (C=O) groups is 1. The molecule has 1 unspecified atom stereocenters. The van der Waals surface area contributed by atoms with Crippen LogP contribution in [0.2, 0.25) is 19.6 Å². The van der Waals surface area contributed by atoms with Gasteiger partial charge in [0.05, 0.1) is 16.9 Å². The van der Waals surface area contributed by atoms with Gasteiger partial charge in [0.2, 0.25) is 0 Å². The van der Waals surface area contributed by atoms with Gasteiger partial charge in [-0.25, -0.2) is 4.68 Å². The van der Waals surface area contributed by atoms with Crippen molar-refractivity contribution in [2.24, 2.45) is 0 Å². The number of rotatable bonds is 4. The van der Waals surface area contributed by atoms with Crippen molar-refractivity contribution in [3.05, 3.63) is 5.69 Å². The largest absolute Gasteiger partial charge is 0.299 e. The summed E-state index contributed by atoms with van der Waals surface area (Å²) in [6, 6.07) is 0. The van der Waals surface area contributed by atoms with Crippen LogP contribution in [0.25, 0.3) is 0 Å². The first-order valence-electron chi connectivity index (χ1n) is 5.73. The molecule has 0 aliphatic carbocycles. The molecule has 0 fully saturated rings. The van der Waals surface area contributed by atoms with Crippen LogP contribution in [-0.4, -0.2) is 28.9 Å². The van der Waals surface area contributed by atoms with Gasteiger partial charge in [0.1, 0.15) is 13.9 Å². The van der Waals surface area contributed by atoms with Gasteiger partial charge in [-0.05, 0) is 20.8 Å². The van der Waals surface area contributed by atoms with Crippen molar-refractivity contribution >= 4 is 19.2 Å². The molecule has 0 saturated carbocycles. The van der Waals surface area contributed by atoms with Crippen LogP contribution >= 0.6 is 0 Å². The van der Waals surface area contributed by atoms with Crippen molar-refractivity contribution in [3.63, 3.8) is 0 Å². The van der Waals surface area contributed by atoms with Crippen molar-refractivity contribution in [3.8, 4) is 0 Å². The zero-order chi connectivity index (χ0) is 12.5. The van der Waals surface area contributed by atoms with Crippen LogP contribution in [0.1, 0.15) is 32.4 Å². The van der Waals surface area contributed by atoms with E-state index in [4.69, 9.17) is 0 Å². The Kier molecular flexibility index (Phi) is 3.67. The second-order valence-corrected chi connectivity index (χ2v) is 10.2. The summed E-state index contributed by atoms with van der Waals surface area (Å²) in [6.45, 7) is 13.1. The summed E-state index contributed by atoms with van der Waals surface area (Å²) in [6.07, 6.45) is 0. The van der Waals surface area contributed by atoms with Crippen LogP contribution in [0.4, 0.5) is 0 Å². The maximum Gasteiger partial charge on any atom is 0.138 e. The van der Waals surface area contributed by atoms with Crippen LogP contribution in [0, 0.1) is 0 Å². The van der Waals surface area contributed by atoms with E-state index in [1.54, 1.807) is 6.92 Å². The maximum atomic E-state index is 11.5. The summed E-state index contributed by atoms with van der Waals surface area (Å²) in [7, 11) is -1.53. The fourth-order valence-corrected chi connectivity index (χ4v) is 3.17. The average molecular weight is 239 g/mol. The lowest BCUT2D eigenvalue weighted by molar-refractivity contribution is -0.118. The Morgan fingerprint density at radius 2 is 2.00 bits per heavy atom. The van der Waals surface area contributed by atoms with Crippen molar-refractivity contribution in [2.45, 2.75) is 52.9 Å². The first-order chi connectivity index (χ1) is 7.29. The lowest BCUT2D eigenvalue weighted by Crippen LogP contribution is -2.42. The number of aromatic nitrogens is 3. The van der Waals surface area contributed by atoms with E-state index in [0.29, 0.717) is 0 Å². The number of hydrogen-bond donors (Lipinski definition) is 0. The summed E-state index contributed by atoms with van der Waals surface area (Å²) in [4.78, 5) is 11.5. The molecular weight excluding hydrogens is 218 g/mol. The van der Waals surface area contributed by atoms with Gasteiger partial charge >= 0.3 is 0 Å². The molecule has 1 atom stereocenters. The summed E-state index contributed by atoms with van der Waals surface area (Å²) < 4.78 is 1.86. The van der Waals surface area contributed by atoms with Crippen molar-refractivity contribution < 1.29 is 4.79 Å². The molecule has 1 rings (SSSR count). The second kappa shape index (κ2) is 4.49. The number of aryl methyl sites for hydroxylation is 1. The molecule has 1 aromatic rings. The normalized spacial score (nSPS) is 13.9. The maximum absolute atomic E-state index is 11.5. The van der Waals surface area contributed by atoms with Crippen molar-refractivity contribution in [1.82, 2.24) is 15.0 Å². The first-order valence-corrected chi connectivity index (χ1v) is 9.23. The second-order valence-electron chi connectivity index (χ2n) is 5.22. The van der Waals surface area contributed by atoms with Gasteiger partial charge in [-0.2, -0.15) is 0 Å². The third-order valence-electron chi connectivity index (χ3n) is 2.80. The molecule has 0 aliphatic rings. The summed E-state index contributed by atoms with van der Waals surface area (Å²) in [5.74, 6) is 0.0770. The Hall–Kier alpha value is -0.973.